The summed E-state index contributed by atoms with van der Waals surface area (Å²) in [5.41, 5.74) is -0.154. The first-order chi connectivity index (χ1) is 7.36. The number of anilines is 1. The third-order valence-corrected chi connectivity index (χ3v) is 2.63. The fourth-order valence-corrected chi connectivity index (χ4v) is 1.82. The number of aromatic amines is 1. The van der Waals surface area contributed by atoms with Crippen molar-refractivity contribution in [2.24, 2.45) is 0 Å². The van der Waals surface area contributed by atoms with E-state index in [9.17, 15) is 4.79 Å². The molecule has 2 heterocycles. The summed E-state index contributed by atoms with van der Waals surface area (Å²) in [7, 11) is 0. The van der Waals surface area contributed by atoms with Gasteiger partial charge in [0.05, 0.1) is 0 Å². The van der Waals surface area contributed by atoms with Gasteiger partial charge in [0.1, 0.15) is 0 Å². The van der Waals surface area contributed by atoms with Crippen molar-refractivity contribution in [1.82, 2.24) is 14.9 Å². The van der Waals surface area contributed by atoms with Gasteiger partial charge in [-0.25, -0.2) is 4.98 Å². The van der Waals surface area contributed by atoms with Crippen LogP contribution in [0, 0.1) is 0 Å². The molecule has 5 heteroatoms. The normalized spacial score (nSPS) is 16.8. The third kappa shape index (κ3) is 2.79. The predicted octanol–water partition coefficient (Wildman–Crippen LogP) is 0.278. The number of rotatable bonds is 4. The second kappa shape index (κ2) is 4.93. The largest absolute Gasteiger partial charge is 0.364 e. The number of H-pyrrole nitrogens is 1. The average Bonchev–Trinajstić information content (AvgIpc) is 2.74. The molecule has 1 aliphatic heterocycles. The molecule has 0 aromatic carbocycles. The molecule has 2 N–H and O–H groups in total. The van der Waals surface area contributed by atoms with Crippen molar-refractivity contribution in [2.45, 2.75) is 12.8 Å². The molecule has 1 aromatic rings. The van der Waals surface area contributed by atoms with Gasteiger partial charge in [0.15, 0.2) is 5.82 Å². The molecule has 82 valence electrons. The quantitative estimate of drug-likeness (QED) is 0.746. The van der Waals surface area contributed by atoms with E-state index in [1.165, 1.54) is 32.1 Å². The Hall–Kier alpha value is -1.36. The van der Waals surface area contributed by atoms with E-state index in [4.69, 9.17) is 0 Å². The van der Waals surface area contributed by atoms with Crippen LogP contribution in [-0.2, 0) is 0 Å². The lowest BCUT2D eigenvalue weighted by atomic mass is 10.4. The van der Waals surface area contributed by atoms with Crippen molar-refractivity contribution < 1.29 is 0 Å². The Morgan fingerprint density at radius 2 is 2.27 bits per heavy atom. The molecule has 0 bridgehead atoms. The second-order valence-electron chi connectivity index (χ2n) is 3.74. The van der Waals surface area contributed by atoms with Gasteiger partial charge in [-0.2, -0.15) is 0 Å². The smallest absolute Gasteiger partial charge is 0.290 e. The maximum Gasteiger partial charge on any atom is 0.290 e. The van der Waals surface area contributed by atoms with E-state index in [0.29, 0.717) is 5.82 Å². The summed E-state index contributed by atoms with van der Waals surface area (Å²) in [6, 6.07) is 0. The SMILES string of the molecule is O=c1[nH]ccnc1NCCN1CCCC1. The van der Waals surface area contributed by atoms with Gasteiger partial charge in [-0.1, -0.05) is 0 Å². The zero-order valence-corrected chi connectivity index (χ0v) is 8.70. The molecule has 5 nitrogen and oxygen atoms in total. The Kier molecular flexibility index (Phi) is 3.34. The Morgan fingerprint density at radius 1 is 1.47 bits per heavy atom. The minimum Gasteiger partial charge on any atom is -0.364 e. The van der Waals surface area contributed by atoms with Crippen LogP contribution in [0.15, 0.2) is 17.2 Å². The van der Waals surface area contributed by atoms with Gasteiger partial charge in [0.2, 0.25) is 0 Å². The molecule has 0 spiro atoms. The summed E-state index contributed by atoms with van der Waals surface area (Å²) in [6.45, 7) is 4.12. The molecule has 0 unspecified atom stereocenters. The molecular formula is C10H16N4O. The van der Waals surface area contributed by atoms with Crippen molar-refractivity contribution in [1.29, 1.82) is 0 Å². The molecule has 0 atom stereocenters. The van der Waals surface area contributed by atoms with Crippen LogP contribution in [-0.4, -0.2) is 41.0 Å². The third-order valence-electron chi connectivity index (χ3n) is 2.63. The molecule has 1 saturated heterocycles. The maximum absolute atomic E-state index is 11.3. The number of nitrogens with one attached hydrogen (secondary N) is 2. The zero-order chi connectivity index (χ0) is 10.5. The van der Waals surface area contributed by atoms with Gasteiger partial charge in [-0.05, 0) is 25.9 Å². The molecule has 0 amide bonds. The van der Waals surface area contributed by atoms with Crippen molar-refractivity contribution >= 4 is 5.82 Å². The standard InChI is InChI=1S/C10H16N4O/c15-10-9(11-3-4-13-10)12-5-8-14-6-1-2-7-14/h3-4H,1-2,5-8H2,(H,11,12)(H,13,15). The molecule has 1 aliphatic rings. The van der Waals surface area contributed by atoms with E-state index in [1.54, 1.807) is 6.20 Å². The molecule has 2 rings (SSSR count). The summed E-state index contributed by atoms with van der Waals surface area (Å²) in [6.07, 6.45) is 5.71. The first-order valence-electron chi connectivity index (χ1n) is 5.36. The van der Waals surface area contributed by atoms with Crippen LogP contribution in [0.4, 0.5) is 5.82 Å². The Balaban J connectivity index is 1.78. The van der Waals surface area contributed by atoms with Crippen LogP contribution in [0.3, 0.4) is 0 Å². The van der Waals surface area contributed by atoms with Crippen molar-refractivity contribution in [3.8, 4) is 0 Å². The second-order valence-corrected chi connectivity index (χ2v) is 3.74. The van der Waals surface area contributed by atoms with Gasteiger partial charge in [0, 0.05) is 25.5 Å². The fourth-order valence-electron chi connectivity index (χ4n) is 1.82. The lowest BCUT2D eigenvalue weighted by molar-refractivity contribution is 0.352. The summed E-state index contributed by atoms with van der Waals surface area (Å²) >= 11 is 0. The Labute approximate surface area is 88.5 Å². The first kappa shape index (κ1) is 10.2. The molecular weight excluding hydrogens is 192 g/mol. The van der Waals surface area contributed by atoms with E-state index in [0.717, 1.165) is 13.1 Å². The molecule has 0 aliphatic carbocycles. The van der Waals surface area contributed by atoms with Crippen LogP contribution in [0.5, 0.6) is 0 Å². The van der Waals surface area contributed by atoms with Crippen LogP contribution < -0.4 is 10.9 Å². The molecule has 15 heavy (non-hydrogen) atoms. The lowest BCUT2D eigenvalue weighted by Gasteiger charge is -2.14. The minimum atomic E-state index is -0.154. The van der Waals surface area contributed by atoms with E-state index >= 15 is 0 Å². The van der Waals surface area contributed by atoms with Crippen molar-refractivity contribution in [3.05, 3.63) is 22.7 Å². The fraction of sp³-hybridized carbons (Fsp3) is 0.600. The number of aromatic nitrogens is 2. The van der Waals surface area contributed by atoms with Crippen LogP contribution >= 0.6 is 0 Å². The van der Waals surface area contributed by atoms with Gasteiger partial charge >= 0.3 is 0 Å². The maximum atomic E-state index is 11.3. The lowest BCUT2D eigenvalue weighted by Crippen LogP contribution is -2.27. The van der Waals surface area contributed by atoms with Gasteiger partial charge < -0.3 is 15.2 Å². The summed E-state index contributed by atoms with van der Waals surface area (Å²) in [4.78, 5) is 20.2. The Morgan fingerprint density at radius 3 is 3.00 bits per heavy atom. The molecule has 1 aromatic heterocycles. The molecule has 1 fully saturated rings. The summed E-state index contributed by atoms with van der Waals surface area (Å²) in [5, 5.41) is 3.04. The highest BCUT2D eigenvalue weighted by Gasteiger charge is 2.10. The van der Waals surface area contributed by atoms with Crippen LogP contribution in [0.25, 0.3) is 0 Å². The Bertz CT molecular complexity index is 356. The average molecular weight is 208 g/mol. The van der Waals surface area contributed by atoms with Gasteiger partial charge in [0.25, 0.3) is 5.56 Å². The first-order valence-corrected chi connectivity index (χ1v) is 5.36. The summed E-state index contributed by atoms with van der Waals surface area (Å²) < 4.78 is 0. The monoisotopic (exact) mass is 208 g/mol. The number of likely N-dealkylation sites (tertiary alicyclic amines) is 1. The van der Waals surface area contributed by atoms with E-state index in [1.807, 2.05) is 0 Å². The van der Waals surface area contributed by atoms with Gasteiger partial charge in [-0.15, -0.1) is 0 Å². The molecule has 0 saturated carbocycles. The van der Waals surface area contributed by atoms with Crippen molar-refractivity contribution in [2.75, 3.05) is 31.5 Å². The van der Waals surface area contributed by atoms with E-state index in [-0.39, 0.29) is 5.56 Å². The van der Waals surface area contributed by atoms with Crippen LogP contribution in [0.1, 0.15) is 12.8 Å². The predicted molar refractivity (Wildman–Crippen MR) is 59.0 cm³/mol. The van der Waals surface area contributed by atoms with E-state index < -0.39 is 0 Å². The summed E-state index contributed by atoms with van der Waals surface area (Å²) in [5.74, 6) is 0.414. The number of hydrogen-bond donors (Lipinski definition) is 2. The van der Waals surface area contributed by atoms with E-state index in [2.05, 4.69) is 20.2 Å². The van der Waals surface area contributed by atoms with Crippen LogP contribution in [0.2, 0.25) is 0 Å². The minimum absolute atomic E-state index is 0.154. The van der Waals surface area contributed by atoms with Gasteiger partial charge in [-0.3, -0.25) is 4.79 Å². The zero-order valence-electron chi connectivity index (χ0n) is 8.70. The highest BCUT2D eigenvalue weighted by Crippen LogP contribution is 2.05. The molecule has 0 radical (unpaired) electrons. The van der Waals surface area contributed by atoms with Crippen molar-refractivity contribution in [3.63, 3.8) is 0 Å². The highest BCUT2D eigenvalue weighted by atomic mass is 16.1. The number of hydrogen-bond acceptors (Lipinski definition) is 4. The number of nitrogens with zero attached hydrogens (tertiary/aromatic N) is 2. The highest BCUT2D eigenvalue weighted by molar-refractivity contribution is 5.29. The topological polar surface area (TPSA) is 61.0 Å².